The molecule has 2 aromatic heterocycles. The molecule has 0 aliphatic carbocycles. The van der Waals surface area contributed by atoms with Crippen LogP contribution < -0.4 is 25.4 Å². The van der Waals surface area contributed by atoms with Crippen LogP contribution in [-0.4, -0.2) is 39.0 Å². The summed E-state index contributed by atoms with van der Waals surface area (Å²) in [5.74, 6) is 0.627. The summed E-state index contributed by atoms with van der Waals surface area (Å²) in [6, 6.07) is 12.9. The molecule has 0 fully saturated rings. The summed E-state index contributed by atoms with van der Waals surface area (Å²) in [6.07, 6.45) is -2.85. The number of H-pyrrole nitrogens is 1. The summed E-state index contributed by atoms with van der Waals surface area (Å²) in [5, 5.41) is 26.8. The van der Waals surface area contributed by atoms with Crippen LogP contribution in [0.3, 0.4) is 0 Å². The van der Waals surface area contributed by atoms with Gasteiger partial charge in [-0.05, 0) is 54.6 Å². The minimum atomic E-state index is -4.61. The van der Waals surface area contributed by atoms with E-state index in [2.05, 4.69) is 35.9 Å². The molecular weight excluding hydrogens is 549 g/mol. The number of hydrogen-bond acceptors (Lipinski definition) is 7. The average molecular weight is 568 g/mol. The molecule has 5 aromatic rings. The van der Waals surface area contributed by atoms with Crippen LogP contribution in [-0.2, 0) is 10.9 Å². The Balaban J connectivity index is 1.27. The van der Waals surface area contributed by atoms with Gasteiger partial charge in [0, 0.05) is 11.8 Å². The number of nitrogens with one attached hydrogen (secondary N) is 4. The first-order valence-corrected chi connectivity index (χ1v) is 11.6. The number of amides is 3. The number of carbonyl (C=O) groups excluding carboxylic acids is 2. The van der Waals surface area contributed by atoms with Gasteiger partial charge in [-0.3, -0.25) is 4.57 Å². The number of nitrogens with zero attached hydrogens (tertiary/aromatic N) is 4. The molecule has 0 spiro atoms. The van der Waals surface area contributed by atoms with E-state index in [0.29, 0.717) is 27.4 Å². The van der Waals surface area contributed by atoms with E-state index >= 15 is 0 Å². The third-order valence-corrected chi connectivity index (χ3v) is 5.67. The molecule has 0 saturated heterocycles. The lowest BCUT2D eigenvalue weighted by atomic mass is 10.1. The second kappa shape index (κ2) is 10.8. The van der Waals surface area contributed by atoms with Crippen LogP contribution in [0.1, 0.15) is 5.56 Å². The lowest BCUT2D eigenvalue weighted by Gasteiger charge is -2.15. The van der Waals surface area contributed by atoms with Gasteiger partial charge in [0.15, 0.2) is 0 Å². The number of aromatic nitrogens is 5. The zero-order valence-corrected chi connectivity index (χ0v) is 20.9. The molecule has 16 heteroatoms. The smallest absolute Gasteiger partial charge is 0.476 e. The number of benzene rings is 3. The zero-order chi connectivity index (χ0) is 29.1. The maximum atomic E-state index is 13.3. The van der Waals surface area contributed by atoms with Gasteiger partial charge in [-0.2, -0.15) is 18.5 Å². The fourth-order valence-electron chi connectivity index (χ4n) is 3.77. The van der Waals surface area contributed by atoms with Crippen LogP contribution >= 0.6 is 0 Å². The van der Waals surface area contributed by atoms with Crippen molar-refractivity contribution in [1.29, 1.82) is 0 Å². The molecule has 41 heavy (non-hydrogen) atoms. The summed E-state index contributed by atoms with van der Waals surface area (Å²) in [6.45, 7) is 0. The molecule has 0 radical (unpaired) electrons. The Kier molecular flexibility index (Phi) is 7.03. The largest absolute Gasteiger partial charge is 0.740 e. The Labute approximate surface area is 228 Å². The van der Waals surface area contributed by atoms with Crippen LogP contribution in [0.2, 0.25) is 0 Å². The molecule has 3 aromatic carbocycles. The standard InChI is InChI=1S/C25H19F3N8O5/c1-40-24(38)34-22-32-19-11-17(7-9-21(19)36(22)39)41-16-5-3-15(4-6-16)31-23(37)33-18-10-14(25(26,27)28)2-8-20(18)35-12-29-30-13-35/h2-13,32H,1H3,(H,34,38)(H2,31,33,37). The Morgan fingerprint density at radius 1 is 0.951 bits per heavy atom. The molecular formula is C25H19F3N8O5. The fraction of sp³-hybridized carbons (Fsp3) is 0.0800. The third kappa shape index (κ3) is 5.95. The number of urea groups is 1. The summed E-state index contributed by atoms with van der Waals surface area (Å²) < 4.78 is 51.9. The lowest BCUT2D eigenvalue weighted by molar-refractivity contribution is -0.560. The molecule has 4 N–H and O–H groups in total. The molecule has 0 atom stereocenters. The minimum absolute atomic E-state index is 0.110. The predicted molar refractivity (Wildman–Crippen MR) is 139 cm³/mol. The number of aromatic amines is 1. The quantitative estimate of drug-likeness (QED) is 0.165. The van der Waals surface area contributed by atoms with Crippen molar-refractivity contribution in [2.45, 2.75) is 6.18 Å². The summed E-state index contributed by atoms with van der Waals surface area (Å²) in [7, 11) is 1.17. The second-order valence-electron chi connectivity index (χ2n) is 8.37. The highest BCUT2D eigenvalue weighted by Gasteiger charge is 2.31. The molecule has 13 nitrogen and oxygen atoms in total. The van der Waals surface area contributed by atoms with Gasteiger partial charge in [-0.15, -0.1) is 10.2 Å². The molecule has 5 rings (SSSR count). The predicted octanol–water partition coefficient (Wildman–Crippen LogP) is 5.02. The molecule has 0 saturated carbocycles. The number of methoxy groups -OCH3 is 1. The number of ether oxygens (including phenoxy) is 2. The van der Waals surface area contributed by atoms with Crippen molar-refractivity contribution in [3.8, 4) is 17.2 Å². The topological polar surface area (TPSA) is 162 Å². The van der Waals surface area contributed by atoms with Crippen molar-refractivity contribution in [3.05, 3.63) is 84.1 Å². The van der Waals surface area contributed by atoms with E-state index in [1.807, 2.05) is 0 Å². The number of halogens is 3. The summed E-state index contributed by atoms with van der Waals surface area (Å²) >= 11 is 0. The van der Waals surface area contributed by atoms with Crippen molar-refractivity contribution < 1.29 is 37.0 Å². The van der Waals surface area contributed by atoms with Crippen molar-refractivity contribution in [2.24, 2.45) is 0 Å². The van der Waals surface area contributed by atoms with Gasteiger partial charge >= 0.3 is 24.2 Å². The Hall–Kier alpha value is -5.80. The van der Waals surface area contributed by atoms with Gasteiger partial charge in [0.25, 0.3) is 0 Å². The van der Waals surface area contributed by atoms with Crippen LogP contribution in [0.4, 0.5) is 40.1 Å². The van der Waals surface area contributed by atoms with Crippen molar-refractivity contribution >= 4 is 40.5 Å². The molecule has 0 aliphatic heterocycles. The number of imidazole rings is 1. The SMILES string of the molecule is COC(=O)Nc1[nH]c2cc(Oc3ccc(NC(=O)Nc4cc(C(F)(F)F)ccc4-n4cnnc4)cc3)ccc2[n+]1[O-]. The van der Waals surface area contributed by atoms with E-state index < -0.39 is 23.9 Å². The molecule has 2 heterocycles. The van der Waals surface area contributed by atoms with E-state index in [-0.39, 0.29) is 22.8 Å². The van der Waals surface area contributed by atoms with Crippen LogP contribution in [0.25, 0.3) is 16.7 Å². The van der Waals surface area contributed by atoms with Gasteiger partial charge < -0.3 is 25.3 Å². The van der Waals surface area contributed by atoms with Crippen molar-refractivity contribution in [2.75, 3.05) is 23.1 Å². The van der Waals surface area contributed by atoms with E-state index in [9.17, 15) is 28.0 Å². The molecule has 3 amide bonds. The first kappa shape index (κ1) is 26.8. The van der Waals surface area contributed by atoms with E-state index in [0.717, 1.165) is 12.1 Å². The molecule has 0 unspecified atom stereocenters. The maximum absolute atomic E-state index is 13.3. The molecule has 0 bridgehead atoms. The minimum Gasteiger partial charge on any atom is -0.740 e. The number of fused-ring (bicyclic) bond motifs is 1. The highest BCUT2D eigenvalue weighted by atomic mass is 19.4. The van der Waals surface area contributed by atoms with Gasteiger partial charge in [-0.25, -0.2) is 19.3 Å². The molecule has 210 valence electrons. The van der Waals surface area contributed by atoms with E-state index in [1.54, 1.807) is 24.3 Å². The summed E-state index contributed by atoms with van der Waals surface area (Å²) in [5.41, 5.74) is 0.155. The number of anilines is 3. The average Bonchev–Trinajstić information content (AvgIpc) is 3.57. The highest BCUT2D eigenvalue weighted by Crippen LogP contribution is 2.33. The number of hydrogen-bond donors (Lipinski definition) is 4. The number of alkyl halides is 3. The van der Waals surface area contributed by atoms with Crippen LogP contribution in [0.15, 0.2) is 73.3 Å². The van der Waals surface area contributed by atoms with Crippen molar-refractivity contribution in [1.82, 2.24) is 19.7 Å². The molecule has 0 aliphatic rings. The van der Waals surface area contributed by atoms with E-state index in [1.165, 1.54) is 48.6 Å². The van der Waals surface area contributed by atoms with Crippen LogP contribution in [0, 0.1) is 5.21 Å². The second-order valence-corrected chi connectivity index (χ2v) is 8.37. The Morgan fingerprint density at radius 2 is 1.66 bits per heavy atom. The van der Waals surface area contributed by atoms with Gasteiger partial charge in [0.05, 0.1) is 24.0 Å². The fourth-order valence-corrected chi connectivity index (χ4v) is 3.77. The first-order chi connectivity index (χ1) is 19.6. The third-order valence-electron chi connectivity index (χ3n) is 5.67. The Morgan fingerprint density at radius 3 is 2.34 bits per heavy atom. The monoisotopic (exact) mass is 568 g/mol. The first-order valence-electron chi connectivity index (χ1n) is 11.6. The van der Waals surface area contributed by atoms with Crippen molar-refractivity contribution in [3.63, 3.8) is 0 Å². The maximum Gasteiger partial charge on any atom is 0.476 e. The van der Waals surface area contributed by atoms with Gasteiger partial charge in [0.1, 0.15) is 35.2 Å². The zero-order valence-electron chi connectivity index (χ0n) is 20.9. The Bertz CT molecular complexity index is 1720. The lowest BCUT2D eigenvalue weighted by Crippen LogP contribution is -2.31. The van der Waals surface area contributed by atoms with Gasteiger partial charge in [0.2, 0.25) is 0 Å². The number of carbonyl (C=O) groups is 2. The normalized spacial score (nSPS) is 11.2. The van der Waals surface area contributed by atoms with Crippen LogP contribution in [0.5, 0.6) is 11.5 Å². The van der Waals surface area contributed by atoms with E-state index in [4.69, 9.17) is 4.74 Å². The summed E-state index contributed by atoms with van der Waals surface area (Å²) in [4.78, 5) is 26.8. The van der Waals surface area contributed by atoms with Gasteiger partial charge in [-0.1, -0.05) is 0 Å². The number of rotatable bonds is 6. The highest BCUT2D eigenvalue weighted by molar-refractivity contribution is 6.01.